The van der Waals surface area contributed by atoms with Gasteiger partial charge in [0, 0.05) is 12.6 Å². The number of carbonyl (C=O) groups is 3. The van der Waals surface area contributed by atoms with E-state index in [-0.39, 0.29) is 36.3 Å². The molecule has 164 valence electrons. The summed E-state index contributed by atoms with van der Waals surface area (Å²) in [7, 11) is 0. The molecule has 3 fully saturated rings. The number of hydrogen-bond acceptors (Lipinski definition) is 5. The maximum atomic E-state index is 13.6. The van der Waals surface area contributed by atoms with Crippen LogP contribution in [0.25, 0.3) is 0 Å². The van der Waals surface area contributed by atoms with Crippen LogP contribution in [0.4, 0.5) is 0 Å². The van der Waals surface area contributed by atoms with Crippen LogP contribution < -0.4 is 10.6 Å². The quantitative estimate of drug-likeness (QED) is 0.565. The van der Waals surface area contributed by atoms with Crippen LogP contribution in [0, 0.1) is 17.8 Å². The largest absolute Gasteiger partial charge is 0.394 e. The lowest BCUT2D eigenvalue weighted by Crippen LogP contribution is -2.58. The Bertz CT molecular complexity index is 698. The van der Waals surface area contributed by atoms with E-state index in [1.807, 2.05) is 34.6 Å². The molecule has 1 spiro atoms. The summed E-state index contributed by atoms with van der Waals surface area (Å²) in [4.78, 5) is 41.4. The first-order valence-corrected chi connectivity index (χ1v) is 10.8. The van der Waals surface area contributed by atoms with E-state index < -0.39 is 35.1 Å². The second-order valence-electron chi connectivity index (χ2n) is 9.44. The highest BCUT2D eigenvalue weighted by atomic mass is 16.5. The van der Waals surface area contributed by atoms with Gasteiger partial charge in [-0.2, -0.15) is 0 Å². The molecule has 0 saturated carbocycles. The van der Waals surface area contributed by atoms with Crippen LogP contribution in [0.5, 0.6) is 0 Å². The van der Waals surface area contributed by atoms with Crippen molar-refractivity contribution in [3.63, 3.8) is 0 Å². The molecule has 3 unspecified atom stereocenters. The minimum atomic E-state index is -1.05. The number of likely N-dealkylation sites (tertiary alicyclic amines) is 1. The van der Waals surface area contributed by atoms with Gasteiger partial charge in [0.15, 0.2) is 0 Å². The van der Waals surface area contributed by atoms with E-state index in [2.05, 4.69) is 10.6 Å². The van der Waals surface area contributed by atoms with Crippen LogP contribution in [-0.2, 0) is 19.1 Å². The van der Waals surface area contributed by atoms with Crippen LogP contribution in [0.3, 0.4) is 0 Å². The van der Waals surface area contributed by atoms with Crippen molar-refractivity contribution in [3.8, 4) is 0 Å². The molecule has 0 radical (unpaired) electrons. The summed E-state index contributed by atoms with van der Waals surface area (Å²) in [5.41, 5.74) is -1.86. The first kappa shape index (κ1) is 22.0. The van der Waals surface area contributed by atoms with Gasteiger partial charge in [-0.3, -0.25) is 14.4 Å². The second-order valence-corrected chi connectivity index (χ2v) is 9.44. The lowest BCUT2D eigenvalue weighted by atomic mass is 9.62. The third-order valence-corrected chi connectivity index (χ3v) is 7.00. The number of ether oxygens (including phenoxy) is 1. The third-order valence-electron chi connectivity index (χ3n) is 7.00. The monoisotopic (exact) mass is 409 g/mol. The smallest absolute Gasteiger partial charge is 0.246 e. The molecular weight excluding hydrogens is 374 g/mol. The number of rotatable bonds is 7. The molecule has 3 aliphatic heterocycles. The second kappa shape index (κ2) is 7.54. The molecule has 0 aromatic heterocycles. The number of nitrogens with one attached hydrogen (secondary N) is 2. The highest BCUT2D eigenvalue weighted by Gasteiger charge is 2.80. The van der Waals surface area contributed by atoms with E-state index in [1.54, 1.807) is 6.92 Å². The van der Waals surface area contributed by atoms with Gasteiger partial charge in [-0.25, -0.2) is 0 Å². The molecule has 3 N–H and O–H groups in total. The molecule has 3 rings (SSSR count). The van der Waals surface area contributed by atoms with Gasteiger partial charge in [0.25, 0.3) is 0 Å². The molecule has 3 amide bonds. The zero-order chi connectivity index (χ0) is 21.7. The number of aliphatic hydroxyl groups is 1. The Morgan fingerprint density at radius 2 is 1.97 bits per heavy atom. The summed E-state index contributed by atoms with van der Waals surface area (Å²) in [6.07, 6.45) is 1.32. The van der Waals surface area contributed by atoms with Crippen molar-refractivity contribution in [1.82, 2.24) is 15.5 Å². The van der Waals surface area contributed by atoms with Crippen molar-refractivity contribution in [2.45, 2.75) is 83.7 Å². The van der Waals surface area contributed by atoms with Crippen LogP contribution in [-0.4, -0.2) is 70.2 Å². The number of nitrogens with zero attached hydrogens (tertiary/aromatic N) is 1. The molecule has 0 aliphatic carbocycles. The zero-order valence-corrected chi connectivity index (χ0v) is 18.3. The Balaban J connectivity index is 2.09. The topological polar surface area (TPSA) is 108 Å². The van der Waals surface area contributed by atoms with Gasteiger partial charge in [0.05, 0.1) is 30.1 Å². The van der Waals surface area contributed by atoms with E-state index in [4.69, 9.17) is 4.74 Å². The van der Waals surface area contributed by atoms with Crippen LogP contribution >= 0.6 is 0 Å². The van der Waals surface area contributed by atoms with Gasteiger partial charge in [0.2, 0.25) is 17.7 Å². The summed E-state index contributed by atoms with van der Waals surface area (Å²) in [5, 5.41) is 15.6. The standard InChI is InChI=1S/C21H35N3O5/c1-7-8-22-17(26)14-15-19(28)24(13(5)10-25)16(18(27)23-11(2)3)21(15)9-12(4)20(14,6)29-21/h11-16,25H,7-10H2,1-6H3,(H,22,26)(H,23,27)/t12?,13-,14-,15+,16?,20+,21?/m1/s1. The Labute approximate surface area is 172 Å². The maximum Gasteiger partial charge on any atom is 0.246 e. The fourth-order valence-corrected chi connectivity index (χ4v) is 5.66. The van der Waals surface area contributed by atoms with E-state index in [9.17, 15) is 19.5 Å². The summed E-state index contributed by atoms with van der Waals surface area (Å²) in [6.45, 7) is 11.6. The zero-order valence-electron chi connectivity index (χ0n) is 18.3. The Kier molecular flexibility index (Phi) is 5.73. The average molecular weight is 410 g/mol. The fraction of sp³-hybridized carbons (Fsp3) is 0.857. The van der Waals surface area contributed by atoms with E-state index >= 15 is 0 Å². The number of aliphatic hydroxyl groups excluding tert-OH is 1. The number of fused-ring (bicyclic) bond motifs is 1. The first-order chi connectivity index (χ1) is 13.5. The van der Waals surface area contributed by atoms with Crippen LogP contribution in [0.2, 0.25) is 0 Å². The van der Waals surface area contributed by atoms with Crippen molar-refractivity contribution in [2.24, 2.45) is 17.8 Å². The van der Waals surface area contributed by atoms with Gasteiger partial charge >= 0.3 is 0 Å². The predicted molar refractivity (Wildman–Crippen MR) is 107 cm³/mol. The molecule has 8 nitrogen and oxygen atoms in total. The normalized spacial score (nSPS) is 39.0. The molecule has 3 aliphatic rings. The van der Waals surface area contributed by atoms with E-state index in [1.165, 1.54) is 4.90 Å². The van der Waals surface area contributed by atoms with Crippen LogP contribution in [0.15, 0.2) is 0 Å². The number of hydrogen-bond donors (Lipinski definition) is 3. The minimum absolute atomic E-state index is 0.0164. The highest BCUT2D eigenvalue weighted by Crippen LogP contribution is 2.65. The summed E-state index contributed by atoms with van der Waals surface area (Å²) >= 11 is 0. The van der Waals surface area contributed by atoms with Gasteiger partial charge in [-0.15, -0.1) is 0 Å². The molecule has 7 atom stereocenters. The lowest BCUT2D eigenvalue weighted by molar-refractivity contribution is -0.150. The highest BCUT2D eigenvalue weighted by molar-refractivity contribution is 5.99. The first-order valence-electron chi connectivity index (χ1n) is 10.8. The molecule has 2 bridgehead atoms. The predicted octanol–water partition coefficient (Wildman–Crippen LogP) is 0.429. The SMILES string of the molecule is CCCNC(=O)[C@H]1[C@H]2C(=O)N([C@H](C)CO)C(C(=O)NC(C)C)C23CC(C)[C@]1(C)O3. The summed E-state index contributed by atoms with van der Waals surface area (Å²) < 4.78 is 6.54. The number of carbonyl (C=O) groups excluding carboxylic acids is 3. The Morgan fingerprint density at radius 3 is 2.52 bits per heavy atom. The van der Waals surface area contributed by atoms with Gasteiger partial charge in [0.1, 0.15) is 11.6 Å². The van der Waals surface area contributed by atoms with Crippen molar-refractivity contribution in [1.29, 1.82) is 0 Å². The average Bonchev–Trinajstić information content (AvgIpc) is 3.15. The molecule has 8 heteroatoms. The molecule has 0 aromatic carbocycles. The van der Waals surface area contributed by atoms with Crippen molar-refractivity contribution < 1.29 is 24.2 Å². The molecule has 3 heterocycles. The van der Waals surface area contributed by atoms with Crippen LogP contribution in [0.1, 0.15) is 54.4 Å². The molecular formula is C21H35N3O5. The van der Waals surface area contributed by atoms with Gasteiger partial charge < -0.3 is 25.4 Å². The summed E-state index contributed by atoms with van der Waals surface area (Å²) in [6, 6.07) is -1.51. The molecule has 29 heavy (non-hydrogen) atoms. The fourth-order valence-electron chi connectivity index (χ4n) is 5.66. The van der Waals surface area contributed by atoms with Gasteiger partial charge in [-0.1, -0.05) is 13.8 Å². The van der Waals surface area contributed by atoms with Crippen molar-refractivity contribution in [3.05, 3.63) is 0 Å². The summed E-state index contributed by atoms with van der Waals surface area (Å²) in [5.74, 6) is -2.12. The van der Waals surface area contributed by atoms with E-state index in [0.29, 0.717) is 13.0 Å². The van der Waals surface area contributed by atoms with Gasteiger partial charge in [-0.05, 0) is 46.5 Å². The minimum Gasteiger partial charge on any atom is -0.394 e. The van der Waals surface area contributed by atoms with Crippen molar-refractivity contribution >= 4 is 17.7 Å². The molecule has 0 aromatic rings. The molecule has 3 saturated heterocycles. The van der Waals surface area contributed by atoms with Crippen molar-refractivity contribution in [2.75, 3.05) is 13.2 Å². The third kappa shape index (κ3) is 3.06. The number of amides is 3. The Hall–Kier alpha value is -1.67. The lowest BCUT2D eigenvalue weighted by Gasteiger charge is -2.36. The Morgan fingerprint density at radius 1 is 1.31 bits per heavy atom. The van der Waals surface area contributed by atoms with E-state index in [0.717, 1.165) is 6.42 Å². The maximum absolute atomic E-state index is 13.6.